The number of anilines is 1. The highest BCUT2D eigenvalue weighted by atomic mass is 32.2. The summed E-state index contributed by atoms with van der Waals surface area (Å²) in [6, 6.07) is 8.18. The van der Waals surface area contributed by atoms with E-state index in [1.54, 1.807) is 24.3 Å². The summed E-state index contributed by atoms with van der Waals surface area (Å²) in [6.07, 6.45) is 8.90. The van der Waals surface area contributed by atoms with Gasteiger partial charge in [0.25, 0.3) is 5.12 Å². The van der Waals surface area contributed by atoms with E-state index in [1.165, 1.54) is 45.8 Å². The average Bonchev–Trinajstić information content (AvgIpc) is 3.43. The Balaban J connectivity index is 2.08. The largest absolute Gasteiger partial charge is 0.496 e. The molecule has 0 bridgehead atoms. The molecule has 2 N–H and O–H groups in total. The number of nitroso groups, excluding NO2 is 1. The number of nitrogens with one attached hydrogen (secondary N) is 1. The first kappa shape index (κ1) is 26.6. The number of carbonyl (C=O) groups excluding carboxylic acids is 1. The fraction of sp³-hybridized carbons (Fsp3) is 0.423. The van der Waals surface area contributed by atoms with Crippen LogP contribution in [0.4, 0.5) is 11.4 Å². The van der Waals surface area contributed by atoms with Gasteiger partial charge in [-0.3, -0.25) is 15.5 Å². The quantitative estimate of drug-likeness (QED) is 0.130. The van der Waals surface area contributed by atoms with Crippen molar-refractivity contribution in [3.8, 4) is 11.5 Å². The van der Waals surface area contributed by atoms with Crippen LogP contribution in [0.3, 0.4) is 0 Å². The number of rotatable bonds is 14. The van der Waals surface area contributed by atoms with Crippen molar-refractivity contribution in [2.75, 3.05) is 19.7 Å². The van der Waals surface area contributed by atoms with Gasteiger partial charge in [0.05, 0.1) is 36.9 Å². The Morgan fingerprint density at radius 2 is 1.89 bits per heavy atom. The van der Waals surface area contributed by atoms with Crippen molar-refractivity contribution >= 4 is 39.0 Å². The van der Waals surface area contributed by atoms with E-state index in [0.29, 0.717) is 28.0 Å². The van der Waals surface area contributed by atoms with E-state index in [2.05, 4.69) is 17.6 Å². The summed E-state index contributed by atoms with van der Waals surface area (Å²) >= 11 is 1.16. The molecule has 35 heavy (non-hydrogen) atoms. The molecule has 1 unspecified atom stereocenters. The van der Waals surface area contributed by atoms with Gasteiger partial charge in [0.2, 0.25) is 0 Å². The smallest absolute Gasteiger partial charge is 0.255 e. The van der Waals surface area contributed by atoms with E-state index in [-0.39, 0.29) is 21.8 Å². The summed E-state index contributed by atoms with van der Waals surface area (Å²) in [4.78, 5) is 24.7. The fourth-order valence-corrected chi connectivity index (χ4v) is 5.34. The molecule has 188 valence electrons. The highest BCUT2D eigenvalue weighted by Gasteiger charge is 2.27. The molecule has 3 rings (SSSR count). The van der Waals surface area contributed by atoms with Gasteiger partial charge in [-0.2, -0.15) is 0 Å². The first-order valence-corrected chi connectivity index (χ1v) is 12.7. The monoisotopic (exact) mass is 500 g/mol. The first-order chi connectivity index (χ1) is 17.1. The zero-order valence-electron chi connectivity index (χ0n) is 20.3. The zero-order chi connectivity index (χ0) is 25.2. The summed E-state index contributed by atoms with van der Waals surface area (Å²) in [5, 5.41) is 13.3. The van der Waals surface area contributed by atoms with Gasteiger partial charge in [-0.1, -0.05) is 57.2 Å². The minimum Gasteiger partial charge on any atom is -0.496 e. The third-order valence-corrected chi connectivity index (χ3v) is 7.18. The molecule has 9 heteroatoms. The number of furan rings is 1. The molecule has 1 atom stereocenters. The van der Waals surface area contributed by atoms with E-state index in [1.807, 2.05) is 0 Å². The number of fused-ring (bicyclic) bond motifs is 1. The molecule has 0 saturated carbocycles. The lowest BCUT2D eigenvalue weighted by atomic mass is 9.96. The lowest BCUT2D eigenvalue weighted by molar-refractivity contribution is 0.106. The van der Waals surface area contributed by atoms with Crippen LogP contribution in [0.15, 0.2) is 46.2 Å². The number of nitrogens with zero attached hydrogens (tertiary/aromatic N) is 1. The van der Waals surface area contributed by atoms with Gasteiger partial charge in [0.1, 0.15) is 17.2 Å². The van der Waals surface area contributed by atoms with E-state index in [9.17, 15) is 14.9 Å². The van der Waals surface area contributed by atoms with Crippen molar-refractivity contribution in [1.29, 1.82) is 0 Å². The Kier molecular flexibility index (Phi) is 9.98. The van der Waals surface area contributed by atoms with Crippen LogP contribution in [0, 0.1) is 4.91 Å². The molecule has 1 aromatic heterocycles. The maximum absolute atomic E-state index is 13.0. The lowest BCUT2D eigenvalue weighted by Crippen LogP contribution is -2.05. The SMILES string of the molecule is CCCCCCCCC(SC(=O)c1ccco1)c1cc(OC)c2c(NO)ccc(N=O)c2c1OC. The second-order valence-corrected chi connectivity index (χ2v) is 9.39. The van der Waals surface area contributed by atoms with Crippen LogP contribution in [0.1, 0.15) is 73.2 Å². The Morgan fingerprint density at radius 3 is 2.51 bits per heavy atom. The number of methoxy groups -OCH3 is 2. The van der Waals surface area contributed by atoms with Gasteiger partial charge in [-0.25, -0.2) is 0 Å². The highest BCUT2D eigenvalue weighted by molar-refractivity contribution is 8.14. The number of thioether (sulfide) groups is 1. The molecular formula is C26H32N2O6S. The highest BCUT2D eigenvalue weighted by Crippen LogP contribution is 2.50. The van der Waals surface area contributed by atoms with Gasteiger partial charge < -0.3 is 13.9 Å². The van der Waals surface area contributed by atoms with Crippen molar-refractivity contribution in [3.63, 3.8) is 0 Å². The summed E-state index contributed by atoms with van der Waals surface area (Å²) in [5.74, 6) is 1.12. The average molecular weight is 501 g/mol. The van der Waals surface area contributed by atoms with Crippen LogP contribution in [0.5, 0.6) is 11.5 Å². The third kappa shape index (κ3) is 6.15. The van der Waals surface area contributed by atoms with Crippen LogP contribution >= 0.6 is 11.8 Å². The van der Waals surface area contributed by atoms with Crippen LogP contribution < -0.4 is 15.0 Å². The maximum Gasteiger partial charge on any atom is 0.255 e. The van der Waals surface area contributed by atoms with Gasteiger partial charge in [0.15, 0.2) is 5.76 Å². The van der Waals surface area contributed by atoms with Crippen molar-refractivity contribution < 1.29 is 23.9 Å². The fourth-order valence-electron chi connectivity index (χ4n) is 4.26. The van der Waals surface area contributed by atoms with Crippen molar-refractivity contribution in [2.24, 2.45) is 5.18 Å². The molecule has 3 aromatic rings. The second-order valence-electron chi connectivity index (χ2n) is 8.21. The molecule has 0 aliphatic rings. The van der Waals surface area contributed by atoms with Crippen LogP contribution in [0.2, 0.25) is 0 Å². The van der Waals surface area contributed by atoms with E-state index in [0.717, 1.165) is 43.0 Å². The number of unbranched alkanes of at least 4 members (excludes halogenated alkanes) is 5. The van der Waals surface area contributed by atoms with Crippen molar-refractivity contribution in [2.45, 2.75) is 57.1 Å². The van der Waals surface area contributed by atoms with Crippen LogP contribution in [-0.4, -0.2) is 24.5 Å². The predicted octanol–water partition coefficient (Wildman–Crippen LogP) is 8.01. The Hall–Kier alpha value is -3.04. The molecule has 0 spiro atoms. The van der Waals surface area contributed by atoms with E-state index in [4.69, 9.17) is 13.9 Å². The molecule has 0 fully saturated rings. The number of ether oxygens (including phenoxy) is 2. The maximum atomic E-state index is 13.0. The molecule has 1 heterocycles. The first-order valence-electron chi connectivity index (χ1n) is 11.8. The van der Waals surface area contributed by atoms with E-state index >= 15 is 0 Å². The number of hydrogen-bond donors (Lipinski definition) is 2. The standard InChI is InChI=1S/C26H32N2O6S/c1-4-5-6-7-8-9-12-22(35-26(29)20-11-10-15-34-20)17-16-21(32-2)23-18(27-30)13-14-19(28-31)24(23)25(17)33-3/h10-11,13-16,22,27,30H,4-9,12H2,1-3H3. The Bertz CT molecular complexity index is 1130. The van der Waals surface area contributed by atoms with Crippen LogP contribution in [-0.2, 0) is 0 Å². The summed E-state index contributed by atoms with van der Waals surface area (Å²) in [7, 11) is 3.02. The summed E-state index contributed by atoms with van der Waals surface area (Å²) in [6.45, 7) is 2.19. The van der Waals surface area contributed by atoms with Crippen molar-refractivity contribution in [3.05, 3.63) is 52.8 Å². The number of hydrogen-bond acceptors (Lipinski definition) is 9. The van der Waals surface area contributed by atoms with Crippen LogP contribution in [0.25, 0.3) is 10.8 Å². The predicted molar refractivity (Wildman–Crippen MR) is 139 cm³/mol. The second kappa shape index (κ2) is 13.2. The van der Waals surface area contributed by atoms with Gasteiger partial charge in [0, 0.05) is 10.8 Å². The summed E-state index contributed by atoms with van der Waals surface area (Å²) < 4.78 is 16.8. The molecule has 0 aliphatic carbocycles. The Morgan fingerprint density at radius 1 is 1.11 bits per heavy atom. The topological polar surface area (TPSA) is 110 Å². The third-order valence-electron chi connectivity index (χ3n) is 5.99. The van der Waals surface area contributed by atoms with Crippen molar-refractivity contribution in [1.82, 2.24) is 0 Å². The molecule has 0 amide bonds. The molecule has 0 saturated heterocycles. The lowest BCUT2D eigenvalue weighted by Gasteiger charge is -2.23. The normalized spacial score (nSPS) is 11.9. The van der Waals surface area contributed by atoms with Gasteiger partial charge in [-0.05, 0) is 41.9 Å². The molecule has 0 aliphatic heterocycles. The molecule has 8 nitrogen and oxygen atoms in total. The molecule has 2 aromatic carbocycles. The summed E-state index contributed by atoms with van der Waals surface area (Å²) in [5.41, 5.74) is 3.37. The molecule has 0 radical (unpaired) electrons. The number of benzene rings is 2. The van der Waals surface area contributed by atoms with Gasteiger partial charge >= 0.3 is 0 Å². The number of carbonyl (C=O) groups is 1. The van der Waals surface area contributed by atoms with E-state index < -0.39 is 0 Å². The minimum atomic E-state index is -0.280. The minimum absolute atomic E-state index is 0.150. The zero-order valence-corrected chi connectivity index (χ0v) is 21.2. The van der Waals surface area contributed by atoms with Gasteiger partial charge in [-0.15, -0.1) is 4.91 Å². The molecular weight excluding hydrogens is 468 g/mol. The Labute approximate surface area is 209 Å².